The molecule has 0 unspecified atom stereocenters. The molecule has 0 spiro atoms. The molecule has 0 aromatic heterocycles. The van der Waals surface area contributed by atoms with Crippen LogP contribution in [0.25, 0.3) is 0 Å². The Morgan fingerprint density at radius 2 is 1.73 bits per heavy atom. The minimum absolute atomic E-state index is 0. The number of rotatable bonds is 4. The number of carboxylic acid groups (broad SMARTS) is 1. The molecule has 0 heterocycles. The van der Waals surface area contributed by atoms with Crippen molar-refractivity contribution < 1.29 is 49.0 Å². The van der Waals surface area contributed by atoms with Crippen LogP contribution in [0.2, 0.25) is 0 Å². The molecule has 6 heteroatoms. The van der Waals surface area contributed by atoms with Gasteiger partial charge in [-0.15, -0.1) is 0 Å². The number of hydrogen-bond acceptors (Lipinski definition) is 5. The van der Waals surface area contributed by atoms with Crippen LogP contribution in [0.3, 0.4) is 0 Å². The molecule has 0 aromatic rings. The second-order valence-electron chi connectivity index (χ2n) is 4.13. The smallest absolute Gasteiger partial charge is 0.549 e. The molecule has 5 nitrogen and oxygen atoms in total. The molecule has 0 aromatic carbocycles. The van der Waals surface area contributed by atoms with E-state index in [1.807, 2.05) is 0 Å². The van der Waals surface area contributed by atoms with Crippen molar-refractivity contribution in [3.63, 3.8) is 0 Å². The standard InChI is InChI=1S/C9H17NO4.Na/c1-9(2,3)14-8(13)6-10(4)5-7(11)12;/h5-6H2,1-4H3,(H,11,12);/q;+1/p-1. The van der Waals surface area contributed by atoms with Gasteiger partial charge in [-0.2, -0.15) is 0 Å². The topological polar surface area (TPSA) is 69.7 Å². The largest absolute Gasteiger partial charge is 1.00 e. The zero-order chi connectivity index (χ0) is 11.4. The van der Waals surface area contributed by atoms with Gasteiger partial charge < -0.3 is 14.6 Å². The molecule has 0 saturated carbocycles. The van der Waals surface area contributed by atoms with Crippen LogP contribution < -0.4 is 34.7 Å². The molecule has 0 radical (unpaired) electrons. The van der Waals surface area contributed by atoms with Crippen LogP contribution in [0.4, 0.5) is 0 Å². The first-order chi connectivity index (χ1) is 6.20. The predicted octanol–water partition coefficient (Wildman–Crippen LogP) is -3.99. The van der Waals surface area contributed by atoms with Crippen molar-refractivity contribution in [2.24, 2.45) is 0 Å². The summed E-state index contributed by atoms with van der Waals surface area (Å²) in [7, 11) is 1.51. The van der Waals surface area contributed by atoms with Gasteiger partial charge in [0.15, 0.2) is 0 Å². The Morgan fingerprint density at radius 1 is 1.27 bits per heavy atom. The minimum atomic E-state index is -1.21. The molecule has 0 saturated heterocycles. The molecule has 0 amide bonds. The Kier molecular flexibility index (Phi) is 8.33. The van der Waals surface area contributed by atoms with Crippen molar-refractivity contribution in [2.45, 2.75) is 26.4 Å². The van der Waals surface area contributed by atoms with Gasteiger partial charge in [-0.3, -0.25) is 9.69 Å². The summed E-state index contributed by atoms with van der Waals surface area (Å²) in [4.78, 5) is 22.7. The quantitative estimate of drug-likeness (QED) is 0.360. The summed E-state index contributed by atoms with van der Waals surface area (Å²) < 4.78 is 5.00. The molecule has 82 valence electrons. The number of carbonyl (C=O) groups is 2. The summed E-state index contributed by atoms with van der Waals surface area (Å²) >= 11 is 0. The van der Waals surface area contributed by atoms with Gasteiger partial charge in [0.2, 0.25) is 0 Å². The van der Waals surface area contributed by atoms with E-state index in [4.69, 9.17) is 4.74 Å². The van der Waals surface area contributed by atoms with E-state index < -0.39 is 17.5 Å². The molecule has 0 fully saturated rings. The van der Waals surface area contributed by atoms with Gasteiger partial charge in [0, 0.05) is 6.54 Å². The first-order valence-electron chi connectivity index (χ1n) is 4.31. The molecular weight excluding hydrogens is 209 g/mol. The van der Waals surface area contributed by atoms with Crippen LogP contribution in [-0.2, 0) is 14.3 Å². The third-order valence-electron chi connectivity index (χ3n) is 1.22. The third kappa shape index (κ3) is 11.8. The molecule has 0 rings (SSSR count). The number of aliphatic carboxylic acids is 1. The Labute approximate surface area is 112 Å². The monoisotopic (exact) mass is 225 g/mol. The summed E-state index contributed by atoms with van der Waals surface area (Å²) in [6.45, 7) is 4.93. The molecule has 0 aliphatic rings. The van der Waals surface area contributed by atoms with Crippen LogP contribution in [0.15, 0.2) is 0 Å². The van der Waals surface area contributed by atoms with Gasteiger partial charge in [-0.05, 0) is 27.8 Å². The van der Waals surface area contributed by atoms with E-state index >= 15 is 0 Å². The van der Waals surface area contributed by atoms with Crippen LogP contribution in [0.5, 0.6) is 0 Å². The minimum Gasteiger partial charge on any atom is -0.549 e. The predicted molar refractivity (Wildman–Crippen MR) is 48.3 cm³/mol. The van der Waals surface area contributed by atoms with Gasteiger partial charge in [0.05, 0.1) is 12.5 Å². The van der Waals surface area contributed by atoms with Crippen LogP contribution in [0.1, 0.15) is 20.8 Å². The zero-order valence-electron chi connectivity index (χ0n) is 9.99. The summed E-state index contributed by atoms with van der Waals surface area (Å²) in [5.41, 5.74) is -0.542. The van der Waals surface area contributed by atoms with Crippen molar-refractivity contribution >= 4 is 11.9 Å². The SMILES string of the molecule is CN(CC(=O)[O-])CC(=O)OC(C)(C)C.[Na+]. The second-order valence-corrected chi connectivity index (χ2v) is 4.13. The van der Waals surface area contributed by atoms with Crippen LogP contribution in [0, 0.1) is 0 Å². The maximum atomic E-state index is 11.2. The van der Waals surface area contributed by atoms with E-state index in [0.717, 1.165) is 0 Å². The molecule has 0 N–H and O–H groups in total. The van der Waals surface area contributed by atoms with E-state index in [2.05, 4.69) is 0 Å². The average Bonchev–Trinajstić information content (AvgIpc) is 1.77. The Balaban J connectivity index is 0. The Morgan fingerprint density at radius 3 is 2.07 bits per heavy atom. The maximum absolute atomic E-state index is 11.2. The molecule has 0 aliphatic carbocycles. The van der Waals surface area contributed by atoms with Gasteiger partial charge in [0.1, 0.15) is 5.60 Å². The maximum Gasteiger partial charge on any atom is 1.00 e. The summed E-state index contributed by atoms with van der Waals surface area (Å²) in [5.74, 6) is -1.66. The van der Waals surface area contributed by atoms with Crippen molar-refractivity contribution in [3.05, 3.63) is 0 Å². The number of esters is 1. The Hall–Kier alpha value is -0.100. The number of carboxylic acids is 1. The van der Waals surface area contributed by atoms with Gasteiger partial charge in [-0.25, -0.2) is 0 Å². The number of hydrogen-bond donors (Lipinski definition) is 0. The van der Waals surface area contributed by atoms with Gasteiger partial charge in [0.25, 0.3) is 0 Å². The van der Waals surface area contributed by atoms with Gasteiger partial charge in [-0.1, -0.05) is 0 Å². The fourth-order valence-electron chi connectivity index (χ4n) is 0.870. The number of nitrogens with zero attached hydrogens (tertiary/aromatic N) is 1. The third-order valence-corrected chi connectivity index (χ3v) is 1.22. The molecule has 0 atom stereocenters. The normalized spacial score (nSPS) is 10.7. The first kappa shape index (κ1) is 17.3. The zero-order valence-corrected chi connectivity index (χ0v) is 12.0. The second kappa shape index (κ2) is 7.22. The van der Waals surface area contributed by atoms with E-state index in [1.165, 1.54) is 11.9 Å². The van der Waals surface area contributed by atoms with E-state index in [-0.39, 0.29) is 42.6 Å². The number of likely N-dealkylation sites (N-methyl/N-ethyl adjacent to an activating group) is 1. The van der Waals surface area contributed by atoms with Crippen molar-refractivity contribution in [1.82, 2.24) is 4.90 Å². The molecule has 0 aliphatic heterocycles. The average molecular weight is 225 g/mol. The van der Waals surface area contributed by atoms with Crippen molar-refractivity contribution in [1.29, 1.82) is 0 Å². The fraction of sp³-hybridized carbons (Fsp3) is 0.778. The summed E-state index contributed by atoms with van der Waals surface area (Å²) in [6, 6.07) is 0. The van der Waals surface area contributed by atoms with Gasteiger partial charge >= 0.3 is 35.5 Å². The van der Waals surface area contributed by atoms with E-state index in [9.17, 15) is 14.7 Å². The first-order valence-corrected chi connectivity index (χ1v) is 4.31. The molecule has 0 bridgehead atoms. The number of ether oxygens (including phenoxy) is 1. The number of carbonyl (C=O) groups excluding carboxylic acids is 2. The van der Waals surface area contributed by atoms with Crippen molar-refractivity contribution in [2.75, 3.05) is 20.1 Å². The van der Waals surface area contributed by atoms with E-state index in [1.54, 1.807) is 20.8 Å². The fourth-order valence-corrected chi connectivity index (χ4v) is 0.870. The summed E-state index contributed by atoms with van der Waals surface area (Å²) in [6.07, 6.45) is 0. The summed E-state index contributed by atoms with van der Waals surface area (Å²) in [5, 5.41) is 10.2. The van der Waals surface area contributed by atoms with Crippen LogP contribution in [-0.4, -0.2) is 42.6 Å². The Bertz CT molecular complexity index is 225. The van der Waals surface area contributed by atoms with Crippen molar-refractivity contribution in [3.8, 4) is 0 Å². The molecular formula is C9H16NNaO4. The van der Waals surface area contributed by atoms with Crippen LogP contribution >= 0.6 is 0 Å². The molecule has 15 heavy (non-hydrogen) atoms. The van der Waals surface area contributed by atoms with E-state index in [0.29, 0.717) is 0 Å².